The van der Waals surface area contributed by atoms with Crippen LogP contribution >= 0.6 is 0 Å². The molecule has 4 rings (SSSR count). The van der Waals surface area contributed by atoms with E-state index in [1.165, 1.54) is 22.3 Å². The van der Waals surface area contributed by atoms with Crippen LogP contribution in [0.1, 0.15) is 34.1 Å². The lowest BCUT2D eigenvalue weighted by atomic mass is 9.68. The summed E-state index contributed by atoms with van der Waals surface area (Å²) in [6.07, 6.45) is 0.103. The van der Waals surface area contributed by atoms with Gasteiger partial charge in [-0.1, -0.05) is 66.7 Å². The lowest BCUT2D eigenvalue weighted by Gasteiger charge is -2.39. The Morgan fingerprint density at radius 3 is 2.30 bits per heavy atom. The summed E-state index contributed by atoms with van der Waals surface area (Å²) in [6.45, 7) is -0.241. The molecule has 0 aromatic heterocycles. The molecule has 0 spiro atoms. The smallest absolute Gasteiger partial charge is 0.119 e. The van der Waals surface area contributed by atoms with Crippen LogP contribution in [-0.2, 0) is 11.2 Å². The Labute approximate surface area is 177 Å². The summed E-state index contributed by atoms with van der Waals surface area (Å²) in [5.41, 5.74) is 5.14. The summed E-state index contributed by atoms with van der Waals surface area (Å²) in [5.74, 6) is 1.04. The highest BCUT2D eigenvalue weighted by Gasteiger charge is 2.38. The van der Waals surface area contributed by atoms with E-state index in [2.05, 4.69) is 60.7 Å². The van der Waals surface area contributed by atoms with Crippen LogP contribution in [0, 0.1) is 0 Å². The van der Waals surface area contributed by atoms with E-state index >= 15 is 0 Å². The van der Waals surface area contributed by atoms with Crippen molar-refractivity contribution in [3.05, 3.63) is 101 Å². The highest BCUT2D eigenvalue weighted by Crippen LogP contribution is 2.47. The Hall–Kier alpha value is -2.66. The van der Waals surface area contributed by atoms with Crippen LogP contribution in [0.15, 0.2) is 78.9 Å². The van der Waals surface area contributed by atoms with Gasteiger partial charge in [0.1, 0.15) is 18.5 Å². The van der Waals surface area contributed by atoms with Crippen molar-refractivity contribution in [2.24, 2.45) is 0 Å². The molecule has 1 aliphatic rings. The summed E-state index contributed by atoms with van der Waals surface area (Å²) in [7, 11) is 1.80. The maximum Gasteiger partial charge on any atom is 0.119 e. The van der Waals surface area contributed by atoms with Crippen LogP contribution in [0.3, 0.4) is 0 Å². The van der Waals surface area contributed by atoms with Crippen molar-refractivity contribution in [3.8, 4) is 5.75 Å². The minimum atomic E-state index is -0.875. The van der Waals surface area contributed by atoms with Crippen molar-refractivity contribution in [2.45, 2.75) is 30.5 Å². The number of aliphatic hydroxyl groups is 2. The number of benzene rings is 3. The van der Waals surface area contributed by atoms with Gasteiger partial charge < -0.3 is 19.7 Å². The topological polar surface area (TPSA) is 58.9 Å². The second-order valence-corrected chi connectivity index (χ2v) is 7.81. The summed E-state index contributed by atoms with van der Waals surface area (Å²) < 4.78 is 11.6. The maximum absolute atomic E-state index is 9.52. The molecular weight excluding hydrogens is 376 g/mol. The van der Waals surface area contributed by atoms with Gasteiger partial charge >= 0.3 is 0 Å². The molecular formula is C26H28O4. The van der Waals surface area contributed by atoms with E-state index < -0.39 is 6.10 Å². The quantitative estimate of drug-likeness (QED) is 0.627. The van der Waals surface area contributed by atoms with Gasteiger partial charge in [-0.2, -0.15) is 0 Å². The monoisotopic (exact) mass is 404 g/mol. The van der Waals surface area contributed by atoms with Gasteiger partial charge in [0.2, 0.25) is 0 Å². The van der Waals surface area contributed by atoms with Crippen molar-refractivity contribution in [1.82, 2.24) is 0 Å². The molecule has 0 amide bonds. The largest absolute Gasteiger partial charge is 0.491 e. The van der Waals surface area contributed by atoms with Crippen molar-refractivity contribution in [2.75, 3.05) is 20.3 Å². The highest BCUT2D eigenvalue weighted by atomic mass is 16.5. The number of hydrogen-bond acceptors (Lipinski definition) is 4. The van der Waals surface area contributed by atoms with Crippen LogP contribution in [-0.4, -0.2) is 42.7 Å². The van der Waals surface area contributed by atoms with Crippen LogP contribution in [0.5, 0.6) is 5.75 Å². The molecule has 0 fully saturated rings. The average molecular weight is 405 g/mol. The summed E-state index contributed by atoms with van der Waals surface area (Å²) in [6, 6.07) is 27.3. The lowest BCUT2D eigenvalue weighted by molar-refractivity contribution is 0.0536. The molecule has 2 N–H and O–H groups in total. The second kappa shape index (κ2) is 9.43. The number of ether oxygens (including phenoxy) is 2. The van der Waals surface area contributed by atoms with Crippen molar-refractivity contribution in [1.29, 1.82) is 0 Å². The van der Waals surface area contributed by atoms with Crippen LogP contribution in [0.25, 0.3) is 0 Å². The van der Waals surface area contributed by atoms with Gasteiger partial charge in [-0.3, -0.25) is 0 Å². The van der Waals surface area contributed by atoms with E-state index in [0.717, 1.165) is 6.42 Å². The van der Waals surface area contributed by atoms with Gasteiger partial charge in [-0.05, 0) is 40.8 Å². The Morgan fingerprint density at radius 1 is 0.900 bits per heavy atom. The molecule has 0 heterocycles. The second-order valence-electron chi connectivity index (χ2n) is 7.81. The molecule has 0 saturated heterocycles. The Kier molecular flexibility index (Phi) is 6.48. The molecule has 30 heavy (non-hydrogen) atoms. The third-order valence-corrected chi connectivity index (χ3v) is 5.95. The predicted octanol–water partition coefficient (Wildman–Crippen LogP) is 3.91. The average Bonchev–Trinajstić information content (AvgIpc) is 2.82. The molecule has 3 aromatic rings. The highest BCUT2D eigenvalue weighted by molar-refractivity contribution is 5.47. The molecule has 4 nitrogen and oxygen atoms in total. The number of hydrogen-bond donors (Lipinski definition) is 2. The van der Waals surface area contributed by atoms with Crippen LogP contribution in [0.2, 0.25) is 0 Å². The number of methoxy groups -OCH3 is 1. The van der Waals surface area contributed by atoms with Gasteiger partial charge in [-0.15, -0.1) is 0 Å². The molecule has 4 heteroatoms. The summed E-state index contributed by atoms with van der Waals surface area (Å²) >= 11 is 0. The Morgan fingerprint density at radius 2 is 1.60 bits per heavy atom. The third-order valence-electron chi connectivity index (χ3n) is 5.95. The molecule has 0 radical (unpaired) electrons. The SMILES string of the molecule is COC1Cc2ccccc2C(c2ccc(OCC(O)CO)cc2)C1c1ccccc1. The van der Waals surface area contributed by atoms with E-state index in [1.54, 1.807) is 7.11 Å². The zero-order valence-electron chi connectivity index (χ0n) is 17.1. The van der Waals surface area contributed by atoms with Gasteiger partial charge in [0, 0.05) is 18.9 Å². The van der Waals surface area contributed by atoms with Crippen molar-refractivity contribution >= 4 is 0 Å². The normalized spacial score (nSPS) is 21.6. The van der Waals surface area contributed by atoms with E-state index in [1.807, 2.05) is 18.2 Å². The fourth-order valence-corrected chi connectivity index (χ4v) is 4.49. The molecule has 0 aliphatic heterocycles. The van der Waals surface area contributed by atoms with Gasteiger partial charge in [0.05, 0.1) is 12.7 Å². The first-order valence-corrected chi connectivity index (χ1v) is 10.4. The Bertz CT molecular complexity index is 939. The summed E-state index contributed by atoms with van der Waals surface area (Å²) in [4.78, 5) is 0. The van der Waals surface area contributed by atoms with E-state index in [4.69, 9.17) is 14.6 Å². The van der Waals surface area contributed by atoms with E-state index in [0.29, 0.717) is 5.75 Å². The minimum Gasteiger partial charge on any atom is -0.491 e. The van der Waals surface area contributed by atoms with Gasteiger partial charge in [0.25, 0.3) is 0 Å². The first kappa shape index (κ1) is 20.6. The summed E-state index contributed by atoms with van der Waals surface area (Å²) in [5, 5.41) is 18.5. The maximum atomic E-state index is 9.52. The predicted molar refractivity (Wildman–Crippen MR) is 117 cm³/mol. The van der Waals surface area contributed by atoms with Gasteiger partial charge in [0.15, 0.2) is 0 Å². The number of aliphatic hydroxyl groups excluding tert-OH is 2. The zero-order chi connectivity index (χ0) is 20.9. The fourth-order valence-electron chi connectivity index (χ4n) is 4.49. The van der Waals surface area contributed by atoms with Crippen LogP contribution in [0.4, 0.5) is 0 Å². The molecule has 4 atom stereocenters. The third kappa shape index (κ3) is 4.26. The van der Waals surface area contributed by atoms with E-state index in [9.17, 15) is 5.11 Å². The van der Waals surface area contributed by atoms with E-state index in [-0.39, 0.29) is 31.2 Å². The number of rotatable bonds is 7. The first-order chi connectivity index (χ1) is 14.7. The Balaban J connectivity index is 1.72. The van der Waals surface area contributed by atoms with Crippen molar-refractivity contribution < 1.29 is 19.7 Å². The molecule has 3 aromatic carbocycles. The molecule has 0 saturated carbocycles. The molecule has 156 valence electrons. The molecule has 0 bridgehead atoms. The van der Waals surface area contributed by atoms with Crippen molar-refractivity contribution in [3.63, 3.8) is 0 Å². The van der Waals surface area contributed by atoms with Crippen LogP contribution < -0.4 is 4.74 Å². The fraction of sp³-hybridized carbons (Fsp3) is 0.308. The lowest BCUT2D eigenvalue weighted by Crippen LogP contribution is -2.34. The first-order valence-electron chi connectivity index (χ1n) is 10.4. The molecule has 4 unspecified atom stereocenters. The standard InChI is InChI=1S/C26H28O4/c1-29-24-15-20-9-5-6-10-23(20)25(26(24)18-7-3-2-4-8-18)19-11-13-22(14-12-19)30-17-21(28)16-27/h2-14,21,24-28H,15-17H2,1H3. The number of fused-ring (bicyclic) bond motifs is 1. The molecule has 1 aliphatic carbocycles. The zero-order valence-corrected chi connectivity index (χ0v) is 17.1. The minimum absolute atomic E-state index is 0.0699. The van der Waals surface area contributed by atoms with Gasteiger partial charge in [-0.25, -0.2) is 0 Å².